The van der Waals surface area contributed by atoms with Gasteiger partial charge in [0.1, 0.15) is 16.6 Å². The van der Waals surface area contributed by atoms with Gasteiger partial charge in [0, 0.05) is 6.54 Å². The number of amides is 1. The maximum atomic E-state index is 12.3. The first-order valence-corrected chi connectivity index (χ1v) is 6.43. The first-order valence-electron chi connectivity index (χ1n) is 5.55. The second-order valence-electron chi connectivity index (χ2n) is 3.93. The van der Waals surface area contributed by atoms with E-state index in [9.17, 15) is 4.79 Å². The molecule has 6 nitrogen and oxygen atoms in total. The van der Waals surface area contributed by atoms with E-state index in [2.05, 4.69) is 15.5 Å². The number of carbonyl (C=O) groups excluding carboxylic acids is 1. The van der Waals surface area contributed by atoms with Gasteiger partial charge in [-0.3, -0.25) is 4.79 Å². The van der Waals surface area contributed by atoms with Crippen LogP contribution in [0.4, 0.5) is 0 Å². The summed E-state index contributed by atoms with van der Waals surface area (Å²) in [4.78, 5) is 14.0. The average molecular weight is 256 g/mol. The topological polar surface area (TPSA) is 67.4 Å². The van der Waals surface area contributed by atoms with Crippen molar-refractivity contribution >= 4 is 17.2 Å². The molecule has 1 N–H and O–H groups in total. The highest BCUT2D eigenvalue weighted by molar-refractivity contribution is 7.09. The van der Waals surface area contributed by atoms with Gasteiger partial charge in [-0.1, -0.05) is 0 Å². The van der Waals surface area contributed by atoms with Crippen LogP contribution in [-0.2, 0) is 16.1 Å². The fraction of sp³-hybridized carbons (Fsp3) is 0.700. The third kappa shape index (κ3) is 2.80. The van der Waals surface area contributed by atoms with E-state index in [1.807, 2.05) is 6.92 Å². The second-order valence-corrected chi connectivity index (χ2v) is 4.85. The first-order chi connectivity index (χ1) is 8.22. The van der Waals surface area contributed by atoms with Crippen LogP contribution < -0.4 is 5.32 Å². The smallest absolute Gasteiger partial charge is 0.242 e. The summed E-state index contributed by atoms with van der Waals surface area (Å²) in [7, 11) is 1.77. The molecule has 2 unspecified atom stereocenters. The van der Waals surface area contributed by atoms with Gasteiger partial charge in [-0.2, -0.15) is 0 Å². The Labute approximate surface area is 104 Å². The Bertz CT molecular complexity index is 370. The van der Waals surface area contributed by atoms with Crippen molar-refractivity contribution in [3.63, 3.8) is 0 Å². The molecule has 0 radical (unpaired) electrons. The number of hydrogen-bond acceptors (Lipinski definition) is 6. The molecule has 1 fully saturated rings. The van der Waals surface area contributed by atoms with Crippen LogP contribution in [0.5, 0.6) is 0 Å². The molecule has 2 atom stereocenters. The lowest BCUT2D eigenvalue weighted by Crippen LogP contribution is -2.48. The van der Waals surface area contributed by atoms with Crippen LogP contribution in [0.25, 0.3) is 0 Å². The lowest BCUT2D eigenvalue weighted by molar-refractivity contribution is -0.134. The fourth-order valence-electron chi connectivity index (χ4n) is 1.90. The molecule has 94 valence electrons. The van der Waals surface area contributed by atoms with E-state index in [4.69, 9.17) is 4.74 Å². The van der Waals surface area contributed by atoms with E-state index in [0.29, 0.717) is 19.7 Å². The Morgan fingerprint density at radius 2 is 2.53 bits per heavy atom. The normalized spacial score (nSPS) is 26.0. The molecular formula is C10H16N4O2S. The summed E-state index contributed by atoms with van der Waals surface area (Å²) in [6.45, 7) is 3.58. The summed E-state index contributed by atoms with van der Waals surface area (Å²) >= 11 is 1.46. The van der Waals surface area contributed by atoms with Crippen molar-refractivity contribution in [2.24, 2.45) is 0 Å². The number of likely N-dealkylation sites (N-methyl/N-ethyl adjacent to an activating group) is 1. The predicted octanol–water partition coefficient (Wildman–Crippen LogP) is -0.127. The van der Waals surface area contributed by atoms with Crippen LogP contribution in [0.2, 0.25) is 0 Å². The molecule has 2 rings (SSSR count). The van der Waals surface area contributed by atoms with Gasteiger partial charge in [-0.15, -0.1) is 21.5 Å². The van der Waals surface area contributed by atoms with E-state index in [1.54, 1.807) is 17.5 Å². The Morgan fingerprint density at radius 1 is 1.71 bits per heavy atom. The van der Waals surface area contributed by atoms with Gasteiger partial charge in [-0.05, 0) is 14.0 Å². The summed E-state index contributed by atoms with van der Waals surface area (Å²) < 4.78 is 5.57. The number of aromatic nitrogens is 2. The molecule has 1 aromatic rings. The van der Waals surface area contributed by atoms with Crippen molar-refractivity contribution in [1.29, 1.82) is 0 Å². The molecule has 1 amide bonds. The number of rotatable bonds is 3. The SMILES string of the molecule is CNC1C(=O)N(Cc2nncs2)CCOC1C. The molecule has 0 saturated carbocycles. The van der Waals surface area contributed by atoms with E-state index < -0.39 is 0 Å². The number of nitrogens with zero attached hydrogens (tertiary/aromatic N) is 3. The lowest BCUT2D eigenvalue weighted by Gasteiger charge is -2.24. The third-order valence-electron chi connectivity index (χ3n) is 2.83. The van der Waals surface area contributed by atoms with Crippen molar-refractivity contribution in [3.8, 4) is 0 Å². The van der Waals surface area contributed by atoms with Crippen LogP contribution in [-0.4, -0.2) is 53.3 Å². The fourth-order valence-corrected chi connectivity index (χ4v) is 2.44. The molecule has 0 spiro atoms. The molecule has 0 aliphatic carbocycles. The Morgan fingerprint density at radius 3 is 3.18 bits per heavy atom. The summed E-state index contributed by atoms with van der Waals surface area (Å²) in [5.41, 5.74) is 1.67. The zero-order valence-corrected chi connectivity index (χ0v) is 10.7. The van der Waals surface area contributed by atoms with Gasteiger partial charge in [0.25, 0.3) is 0 Å². The Kier molecular flexibility index (Phi) is 4.03. The highest BCUT2D eigenvalue weighted by Gasteiger charge is 2.31. The molecule has 1 saturated heterocycles. The minimum absolute atomic E-state index is 0.0627. The standard InChI is InChI=1S/C10H16N4O2S/c1-7-9(11-2)10(15)14(3-4-16-7)5-8-13-12-6-17-8/h6-7,9,11H,3-5H2,1-2H3. The zero-order valence-electron chi connectivity index (χ0n) is 9.92. The van der Waals surface area contributed by atoms with Crippen molar-refractivity contribution in [3.05, 3.63) is 10.5 Å². The average Bonchev–Trinajstić information content (AvgIpc) is 2.76. The van der Waals surface area contributed by atoms with Crippen molar-refractivity contribution < 1.29 is 9.53 Å². The van der Waals surface area contributed by atoms with Gasteiger partial charge in [0.05, 0.1) is 19.3 Å². The molecule has 1 aromatic heterocycles. The maximum Gasteiger partial charge on any atom is 0.242 e. The van der Waals surface area contributed by atoms with Gasteiger partial charge < -0.3 is 15.0 Å². The number of ether oxygens (including phenoxy) is 1. The summed E-state index contributed by atoms with van der Waals surface area (Å²) in [6.07, 6.45) is -0.105. The quantitative estimate of drug-likeness (QED) is 0.816. The Hall–Kier alpha value is -1.05. The van der Waals surface area contributed by atoms with Crippen LogP contribution in [0.15, 0.2) is 5.51 Å². The summed E-state index contributed by atoms with van der Waals surface area (Å²) in [5.74, 6) is 0.0627. The van der Waals surface area contributed by atoms with Crippen molar-refractivity contribution in [1.82, 2.24) is 20.4 Å². The molecule has 2 heterocycles. The summed E-state index contributed by atoms with van der Waals surface area (Å²) in [6, 6.07) is -0.287. The molecule has 0 aromatic carbocycles. The minimum atomic E-state index is -0.287. The lowest BCUT2D eigenvalue weighted by atomic mass is 10.1. The van der Waals surface area contributed by atoms with Crippen LogP contribution in [0.1, 0.15) is 11.9 Å². The predicted molar refractivity (Wildman–Crippen MR) is 63.6 cm³/mol. The first kappa shape index (κ1) is 12.4. The monoisotopic (exact) mass is 256 g/mol. The molecular weight excluding hydrogens is 240 g/mol. The number of nitrogens with one attached hydrogen (secondary N) is 1. The van der Waals surface area contributed by atoms with Crippen LogP contribution in [0.3, 0.4) is 0 Å². The molecule has 1 aliphatic rings. The second kappa shape index (κ2) is 5.52. The number of carbonyl (C=O) groups is 1. The van der Waals surface area contributed by atoms with Gasteiger partial charge >= 0.3 is 0 Å². The highest BCUT2D eigenvalue weighted by atomic mass is 32.1. The molecule has 7 heteroatoms. The van der Waals surface area contributed by atoms with E-state index in [0.717, 1.165) is 5.01 Å². The molecule has 17 heavy (non-hydrogen) atoms. The number of hydrogen-bond donors (Lipinski definition) is 1. The van der Waals surface area contributed by atoms with Gasteiger partial charge in [0.2, 0.25) is 5.91 Å². The molecule has 1 aliphatic heterocycles. The van der Waals surface area contributed by atoms with Gasteiger partial charge in [0.15, 0.2) is 0 Å². The third-order valence-corrected chi connectivity index (χ3v) is 3.51. The van der Waals surface area contributed by atoms with Crippen molar-refractivity contribution in [2.45, 2.75) is 25.6 Å². The largest absolute Gasteiger partial charge is 0.374 e. The van der Waals surface area contributed by atoms with Gasteiger partial charge in [-0.25, -0.2) is 0 Å². The van der Waals surface area contributed by atoms with Crippen LogP contribution in [0, 0.1) is 0 Å². The molecule has 0 bridgehead atoms. The maximum absolute atomic E-state index is 12.3. The highest BCUT2D eigenvalue weighted by Crippen LogP contribution is 2.13. The summed E-state index contributed by atoms with van der Waals surface area (Å²) in [5, 5.41) is 11.6. The van der Waals surface area contributed by atoms with E-state index in [1.165, 1.54) is 11.3 Å². The van der Waals surface area contributed by atoms with Crippen LogP contribution >= 0.6 is 11.3 Å². The van der Waals surface area contributed by atoms with E-state index >= 15 is 0 Å². The zero-order chi connectivity index (χ0) is 12.3. The Balaban J connectivity index is 2.08. The minimum Gasteiger partial charge on any atom is -0.374 e. The van der Waals surface area contributed by atoms with E-state index in [-0.39, 0.29) is 18.1 Å². The van der Waals surface area contributed by atoms with Crippen molar-refractivity contribution in [2.75, 3.05) is 20.2 Å².